The van der Waals surface area contributed by atoms with Crippen molar-refractivity contribution in [3.63, 3.8) is 0 Å². The van der Waals surface area contributed by atoms with E-state index < -0.39 is 0 Å². The van der Waals surface area contributed by atoms with Crippen molar-refractivity contribution < 1.29 is 32.9 Å². The second-order valence-corrected chi connectivity index (χ2v) is 9.71. The number of hydrogen-bond acceptors (Lipinski definition) is 7. The SMILES string of the molecule is COCCN(CC(=O)N1CCc2sccc2[C@H]1COc1ccc(F)cc1)C(=O)c1ccc2c(c1)OCO2. The van der Waals surface area contributed by atoms with Gasteiger partial charge in [-0.15, -0.1) is 11.3 Å². The standard InChI is InChI=1S/C27H27FN2O6S/c1-33-12-11-29(27(32)18-2-7-23-24(14-18)36-17-35-23)15-26(31)30-10-8-25-21(9-13-37-25)22(30)16-34-20-5-3-19(28)4-6-20/h2-7,9,13-14,22H,8,10-12,15-17H2,1H3/t22-/m1/s1. The average Bonchev–Trinajstić information content (AvgIpc) is 3.59. The van der Waals surface area contributed by atoms with Gasteiger partial charge >= 0.3 is 0 Å². The van der Waals surface area contributed by atoms with Gasteiger partial charge in [-0.05, 0) is 65.9 Å². The Morgan fingerprint density at radius 3 is 2.76 bits per heavy atom. The molecule has 0 spiro atoms. The van der Waals surface area contributed by atoms with Crippen LogP contribution in [-0.4, -0.2) is 68.4 Å². The van der Waals surface area contributed by atoms with Crippen molar-refractivity contribution in [2.24, 2.45) is 0 Å². The van der Waals surface area contributed by atoms with Crippen LogP contribution >= 0.6 is 11.3 Å². The van der Waals surface area contributed by atoms with E-state index in [-0.39, 0.29) is 56.8 Å². The number of thiophene rings is 1. The van der Waals surface area contributed by atoms with E-state index in [1.165, 1.54) is 21.9 Å². The number of methoxy groups -OCH3 is 1. The van der Waals surface area contributed by atoms with Gasteiger partial charge in [0.2, 0.25) is 12.7 Å². The van der Waals surface area contributed by atoms with E-state index in [2.05, 4.69) is 0 Å². The molecular weight excluding hydrogens is 499 g/mol. The molecule has 2 aliphatic rings. The Kier molecular flexibility index (Phi) is 7.57. The molecule has 2 amide bonds. The summed E-state index contributed by atoms with van der Waals surface area (Å²) >= 11 is 1.66. The highest BCUT2D eigenvalue weighted by Crippen LogP contribution is 2.35. The first-order valence-electron chi connectivity index (χ1n) is 12.0. The van der Waals surface area contributed by atoms with Crippen LogP contribution in [0.15, 0.2) is 53.9 Å². The fourth-order valence-corrected chi connectivity index (χ4v) is 5.43. The molecule has 1 aromatic heterocycles. The first kappa shape index (κ1) is 25.0. The van der Waals surface area contributed by atoms with Gasteiger partial charge in [-0.1, -0.05) is 0 Å². The zero-order valence-corrected chi connectivity index (χ0v) is 21.2. The number of ether oxygens (including phenoxy) is 4. The van der Waals surface area contributed by atoms with Gasteiger partial charge in [0, 0.05) is 30.6 Å². The first-order chi connectivity index (χ1) is 18.0. The van der Waals surface area contributed by atoms with Crippen molar-refractivity contribution in [2.45, 2.75) is 12.5 Å². The van der Waals surface area contributed by atoms with Crippen molar-refractivity contribution in [3.05, 3.63) is 75.7 Å². The molecule has 0 fully saturated rings. The van der Waals surface area contributed by atoms with Gasteiger partial charge < -0.3 is 28.7 Å². The quantitative estimate of drug-likeness (QED) is 0.421. The maximum atomic E-state index is 13.6. The van der Waals surface area contributed by atoms with Crippen LogP contribution in [0.25, 0.3) is 0 Å². The van der Waals surface area contributed by atoms with Crippen molar-refractivity contribution in [2.75, 3.05) is 46.8 Å². The number of amides is 2. The van der Waals surface area contributed by atoms with Crippen molar-refractivity contribution >= 4 is 23.2 Å². The van der Waals surface area contributed by atoms with Crippen LogP contribution in [0.3, 0.4) is 0 Å². The number of halogens is 1. The molecule has 3 heterocycles. The summed E-state index contributed by atoms with van der Waals surface area (Å²) in [6.07, 6.45) is 0.736. The van der Waals surface area contributed by atoms with Gasteiger partial charge in [0.15, 0.2) is 11.5 Å². The molecule has 2 aliphatic heterocycles. The van der Waals surface area contributed by atoms with Gasteiger partial charge in [-0.2, -0.15) is 0 Å². The molecule has 8 nitrogen and oxygen atoms in total. The lowest BCUT2D eigenvalue weighted by Crippen LogP contribution is -2.48. The minimum atomic E-state index is -0.342. The van der Waals surface area contributed by atoms with Gasteiger partial charge in [0.25, 0.3) is 5.91 Å². The summed E-state index contributed by atoms with van der Waals surface area (Å²) in [6, 6.07) is 12.5. The molecule has 0 aliphatic carbocycles. The highest BCUT2D eigenvalue weighted by atomic mass is 32.1. The molecular formula is C27H27FN2O6S. The van der Waals surface area contributed by atoms with Crippen LogP contribution in [0.4, 0.5) is 4.39 Å². The molecule has 0 unspecified atom stereocenters. The van der Waals surface area contributed by atoms with Crippen LogP contribution in [0.1, 0.15) is 26.8 Å². The van der Waals surface area contributed by atoms with Crippen molar-refractivity contribution in [1.29, 1.82) is 0 Å². The number of fused-ring (bicyclic) bond motifs is 2. The minimum Gasteiger partial charge on any atom is -0.491 e. The highest BCUT2D eigenvalue weighted by molar-refractivity contribution is 7.10. The maximum absolute atomic E-state index is 13.6. The summed E-state index contributed by atoms with van der Waals surface area (Å²) in [5, 5.41) is 2.01. The second kappa shape index (κ2) is 11.2. The number of carbonyl (C=O) groups is 2. The van der Waals surface area contributed by atoms with E-state index >= 15 is 0 Å². The van der Waals surface area contributed by atoms with E-state index in [0.29, 0.717) is 29.4 Å². The molecule has 0 bridgehead atoms. The Bertz CT molecular complexity index is 1260. The summed E-state index contributed by atoms with van der Waals surface area (Å²) < 4.78 is 35.2. The zero-order valence-electron chi connectivity index (χ0n) is 20.4. The Balaban J connectivity index is 1.33. The third-order valence-corrected chi connectivity index (χ3v) is 7.43. The van der Waals surface area contributed by atoms with Crippen LogP contribution in [0, 0.1) is 5.82 Å². The summed E-state index contributed by atoms with van der Waals surface area (Å²) in [6.45, 7) is 1.28. The highest BCUT2D eigenvalue weighted by Gasteiger charge is 2.34. The minimum absolute atomic E-state index is 0.108. The van der Waals surface area contributed by atoms with E-state index in [4.69, 9.17) is 18.9 Å². The van der Waals surface area contributed by atoms with Crippen molar-refractivity contribution in [3.8, 4) is 17.2 Å². The molecule has 0 radical (unpaired) electrons. The molecule has 0 N–H and O–H groups in total. The first-order valence-corrected chi connectivity index (χ1v) is 12.8. The molecule has 1 atom stereocenters. The van der Waals surface area contributed by atoms with Crippen molar-refractivity contribution in [1.82, 2.24) is 9.80 Å². The van der Waals surface area contributed by atoms with E-state index in [0.717, 1.165) is 12.0 Å². The predicted octanol–water partition coefficient (Wildman–Crippen LogP) is 3.91. The van der Waals surface area contributed by atoms with Gasteiger partial charge in [0.1, 0.15) is 24.7 Å². The maximum Gasteiger partial charge on any atom is 0.254 e. The molecule has 0 saturated carbocycles. The lowest BCUT2D eigenvalue weighted by atomic mass is 10.0. The predicted molar refractivity (Wildman–Crippen MR) is 135 cm³/mol. The number of hydrogen-bond donors (Lipinski definition) is 0. The van der Waals surface area contributed by atoms with Crippen LogP contribution < -0.4 is 14.2 Å². The van der Waals surface area contributed by atoms with Gasteiger partial charge in [0.05, 0.1) is 12.6 Å². The Labute approximate surface area is 218 Å². The summed E-state index contributed by atoms with van der Waals surface area (Å²) in [5.41, 5.74) is 1.44. The van der Waals surface area contributed by atoms with Crippen LogP contribution in [0.5, 0.6) is 17.2 Å². The number of nitrogens with zero attached hydrogens (tertiary/aromatic N) is 2. The van der Waals surface area contributed by atoms with Crippen LogP contribution in [0.2, 0.25) is 0 Å². The molecule has 10 heteroatoms. The summed E-state index contributed by atoms with van der Waals surface area (Å²) in [4.78, 5) is 31.5. The monoisotopic (exact) mass is 526 g/mol. The third-order valence-electron chi connectivity index (χ3n) is 6.43. The Hall–Kier alpha value is -3.63. The third kappa shape index (κ3) is 5.55. The van der Waals surface area contributed by atoms with Gasteiger partial charge in [-0.25, -0.2) is 4.39 Å². The van der Waals surface area contributed by atoms with Crippen LogP contribution in [-0.2, 0) is 16.0 Å². The summed E-state index contributed by atoms with van der Waals surface area (Å²) in [5.74, 6) is 0.787. The Morgan fingerprint density at radius 1 is 1.14 bits per heavy atom. The fourth-order valence-electron chi connectivity index (χ4n) is 4.50. The zero-order chi connectivity index (χ0) is 25.8. The molecule has 194 valence electrons. The van der Waals surface area contributed by atoms with E-state index in [1.807, 2.05) is 11.4 Å². The molecule has 3 aromatic rings. The smallest absolute Gasteiger partial charge is 0.254 e. The fraction of sp³-hybridized carbons (Fsp3) is 0.333. The molecule has 2 aromatic carbocycles. The topological polar surface area (TPSA) is 77.5 Å². The lowest BCUT2D eigenvalue weighted by molar-refractivity contribution is -0.135. The number of carbonyl (C=O) groups excluding carboxylic acids is 2. The van der Waals surface area contributed by atoms with Gasteiger partial charge in [-0.3, -0.25) is 9.59 Å². The largest absolute Gasteiger partial charge is 0.491 e. The lowest BCUT2D eigenvalue weighted by Gasteiger charge is -2.37. The number of benzene rings is 2. The molecule has 5 rings (SSSR count). The van der Waals surface area contributed by atoms with E-state index in [1.54, 1.807) is 53.7 Å². The Morgan fingerprint density at radius 2 is 1.95 bits per heavy atom. The normalized spacial score (nSPS) is 15.8. The average molecular weight is 527 g/mol. The number of rotatable bonds is 9. The molecule has 0 saturated heterocycles. The second-order valence-electron chi connectivity index (χ2n) is 8.70. The summed E-state index contributed by atoms with van der Waals surface area (Å²) in [7, 11) is 1.55. The molecule has 37 heavy (non-hydrogen) atoms. The van der Waals surface area contributed by atoms with E-state index in [9.17, 15) is 14.0 Å².